The summed E-state index contributed by atoms with van der Waals surface area (Å²) in [6.45, 7) is 3.71. The Morgan fingerprint density at radius 3 is 2.34 bits per heavy atom. The van der Waals surface area contributed by atoms with Crippen LogP contribution in [-0.4, -0.2) is 30.0 Å². The Morgan fingerprint density at radius 2 is 1.69 bits per heavy atom. The summed E-state index contributed by atoms with van der Waals surface area (Å²) in [5.41, 5.74) is 2.34. The first-order valence-electron chi connectivity index (χ1n) is 9.03. The van der Waals surface area contributed by atoms with Crippen molar-refractivity contribution in [2.45, 2.75) is 13.8 Å². The lowest BCUT2D eigenvalue weighted by atomic mass is 10.1. The van der Waals surface area contributed by atoms with Crippen molar-refractivity contribution in [2.24, 2.45) is 0 Å². The summed E-state index contributed by atoms with van der Waals surface area (Å²) in [6.07, 6.45) is 0. The summed E-state index contributed by atoms with van der Waals surface area (Å²) in [5.74, 6) is 0.686. The molecule has 0 fully saturated rings. The van der Waals surface area contributed by atoms with Gasteiger partial charge in [-0.3, -0.25) is 14.9 Å². The van der Waals surface area contributed by atoms with Crippen molar-refractivity contribution >= 4 is 34.0 Å². The van der Waals surface area contributed by atoms with E-state index in [0.29, 0.717) is 23.2 Å². The van der Waals surface area contributed by atoms with Crippen LogP contribution >= 0.6 is 11.3 Å². The zero-order valence-corrected chi connectivity index (χ0v) is 16.9. The number of hydrogen-bond donors (Lipinski definition) is 2. The van der Waals surface area contributed by atoms with E-state index in [1.165, 1.54) is 18.3 Å². The van der Waals surface area contributed by atoms with E-state index in [-0.39, 0.29) is 18.4 Å². The smallest absolute Gasteiger partial charge is 0.264 e. The molecule has 0 aliphatic carbocycles. The molecule has 29 heavy (non-hydrogen) atoms. The maximum absolute atomic E-state index is 12.2. The van der Waals surface area contributed by atoms with Gasteiger partial charge in [-0.2, -0.15) is 0 Å². The first-order valence-corrected chi connectivity index (χ1v) is 9.91. The molecule has 0 bridgehead atoms. The monoisotopic (exact) mass is 411 g/mol. The van der Waals surface area contributed by atoms with Crippen molar-refractivity contribution in [3.05, 3.63) is 53.9 Å². The van der Waals surface area contributed by atoms with Gasteiger partial charge in [-0.05, 0) is 31.2 Å². The van der Waals surface area contributed by atoms with Crippen molar-refractivity contribution in [2.75, 3.05) is 23.8 Å². The number of hydrogen-bond acceptors (Lipinski definition) is 6. The average molecular weight is 411 g/mol. The highest BCUT2D eigenvalue weighted by Crippen LogP contribution is 2.27. The molecule has 1 aromatic heterocycles. The van der Waals surface area contributed by atoms with E-state index in [0.717, 1.165) is 16.9 Å². The van der Waals surface area contributed by atoms with Crippen LogP contribution in [0.5, 0.6) is 11.5 Å². The second-order valence-corrected chi connectivity index (χ2v) is 6.87. The van der Waals surface area contributed by atoms with Crippen molar-refractivity contribution in [1.29, 1.82) is 0 Å². The molecule has 8 heteroatoms. The lowest BCUT2D eigenvalue weighted by Gasteiger charge is -2.10. The SMILES string of the molecule is CCOc1ccccc1OCC(=O)Nc1nc(-c2ccc(NC(C)=O)cc2)cs1. The lowest BCUT2D eigenvalue weighted by Crippen LogP contribution is -2.20. The van der Waals surface area contributed by atoms with Gasteiger partial charge in [0, 0.05) is 23.6 Å². The number of aromatic nitrogens is 1. The van der Waals surface area contributed by atoms with Crippen LogP contribution in [-0.2, 0) is 9.59 Å². The topological polar surface area (TPSA) is 89.6 Å². The third-order valence-corrected chi connectivity index (χ3v) is 4.52. The van der Waals surface area contributed by atoms with E-state index in [2.05, 4.69) is 15.6 Å². The zero-order chi connectivity index (χ0) is 20.6. The molecular weight excluding hydrogens is 390 g/mol. The first kappa shape index (κ1) is 20.3. The highest BCUT2D eigenvalue weighted by Gasteiger charge is 2.11. The third kappa shape index (κ3) is 5.79. The Bertz CT molecular complexity index is 986. The van der Waals surface area contributed by atoms with Crippen molar-refractivity contribution in [3.8, 4) is 22.8 Å². The van der Waals surface area contributed by atoms with E-state index in [4.69, 9.17) is 9.47 Å². The molecular formula is C21H21N3O4S. The summed E-state index contributed by atoms with van der Waals surface area (Å²) in [4.78, 5) is 27.7. The molecule has 0 aliphatic rings. The van der Waals surface area contributed by atoms with E-state index in [9.17, 15) is 9.59 Å². The highest BCUT2D eigenvalue weighted by atomic mass is 32.1. The lowest BCUT2D eigenvalue weighted by molar-refractivity contribution is -0.118. The molecule has 2 amide bonds. The Kier molecular flexibility index (Phi) is 6.80. The third-order valence-electron chi connectivity index (χ3n) is 3.76. The number of nitrogens with zero attached hydrogens (tertiary/aromatic N) is 1. The van der Waals surface area contributed by atoms with Gasteiger partial charge in [-0.25, -0.2) is 4.98 Å². The summed E-state index contributed by atoms with van der Waals surface area (Å²) < 4.78 is 11.0. The predicted molar refractivity (Wildman–Crippen MR) is 114 cm³/mol. The largest absolute Gasteiger partial charge is 0.490 e. The number of thiazole rings is 1. The number of carbonyl (C=O) groups is 2. The number of rotatable bonds is 8. The zero-order valence-electron chi connectivity index (χ0n) is 16.1. The van der Waals surface area contributed by atoms with Gasteiger partial charge in [0.1, 0.15) is 0 Å². The molecule has 3 aromatic rings. The molecule has 0 saturated carbocycles. The normalized spacial score (nSPS) is 10.3. The van der Waals surface area contributed by atoms with Gasteiger partial charge in [0.15, 0.2) is 23.2 Å². The minimum Gasteiger partial charge on any atom is -0.490 e. The Labute approximate surface area is 172 Å². The quantitative estimate of drug-likeness (QED) is 0.580. The van der Waals surface area contributed by atoms with Crippen LogP contribution in [0.15, 0.2) is 53.9 Å². The minimum atomic E-state index is -0.307. The summed E-state index contributed by atoms with van der Waals surface area (Å²) in [6, 6.07) is 14.5. The number of amides is 2. The Hall–Kier alpha value is -3.39. The van der Waals surface area contributed by atoms with Gasteiger partial charge >= 0.3 is 0 Å². The van der Waals surface area contributed by atoms with Crippen LogP contribution in [0, 0.1) is 0 Å². The average Bonchev–Trinajstić information content (AvgIpc) is 3.16. The molecule has 0 atom stereocenters. The second-order valence-electron chi connectivity index (χ2n) is 6.01. The van der Waals surface area contributed by atoms with E-state index < -0.39 is 0 Å². The molecule has 0 aliphatic heterocycles. The molecule has 0 spiro atoms. The number of nitrogens with one attached hydrogen (secondary N) is 2. The second kappa shape index (κ2) is 9.70. The fraction of sp³-hybridized carbons (Fsp3) is 0.190. The summed E-state index contributed by atoms with van der Waals surface area (Å²) in [5, 5.41) is 7.79. The fourth-order valence-electron chi connectivity index (χ4n) is 2.53. The Morgan fingerprint density at radius 1 is 1.00 bits per heavy atom. The van der Waals surface area contributed by atoms with Crippen molar-refractivity contribution in [3.63, 3.8) is 0 Å². The highest BCUT2D eigenvalue weighted by molar-refractivity contribution is 7.14. The molecule has 1 heterocycles. The van der Waals surface area contributed by atoms with Gasteiger partial charge in [-0.1, -0.05) is 24.3 Å². The van der Waals surface area contributed by atoms with Crippen LogP contribution < -0.4 is 20.1 Å². The standard InChI is InChI=1S/C21H21N3O4S/c1-3-27-18-6-4-5-7-19(18)28-12-20(26)24-21-23-17(13-29-21)15-8-10-16(11-9-15)22-14(2)25/h4-11,13H,3,12H2,1-2H3,(H,22,25)(H,23,24,26). The van der Waals surface area contributed by atoms with E-state index >= 15 is 0 Å². The van der Waals surface area contributed by atoms with Gasteiger partial charge in [0.2, 0.25) is 5.91 Å². The maximum atomic E-state index is 12.2. The predicted octanol–water partition coefficient (Wildman–Crippen LogP) is 4.18. The van der Waals surface area contributed by atoms with Gasteiger partial charge < -0.3 is 14.8 Å². The van der Waals surface area contributed by atoms with E-state index in [1.54, 1.807) is 24.3 Å². The number of anilines is 2. The van der Waals surface area contributed by atoms with Crippen LogP contribution in [0.1, 0.15) is 13.8 Å². The van der Waals surface area contributed by atoms with Crippen molar-refractivity contribution < 1.29 is 19.1 Å². The number of ether oxygens (including phenoxy) is 2. The summed E-state index contributed by atoms with van der Waals surface area (Å²) in [7, 11) is 0. The Balaban J connectivity index is 1.57. The number of para-hydroxylation sites is 2. The van der Waals surface area contributed by atoms with Crippen LogP contribution in [0.4, 0.5) is 10.8 Å². The molecule has 150 valence electrons. The number of carbonyl (C=O) groups excluding carboxylic acids is 2. The summed E-state index contributed by atoms with van der Waals surface area (Å²) >= 11 is 1.33. The maximum Gasteiger partial charge on any atom is 0.264 e. The van der Waals surface area contributed by atoms with Crippen molar-refractivity contribution in [1.82, 2.24) is 4.98 Å². The molecule has 2 aromatic carbocycles. The van der Waals surface area contributed by atoms with Gasteiger partial charge in [0.25, 0.3) is 5.91 Å². The van der Waals surface area contributed by atoms with Crippen LogP contribution in [0.2, 0.25) is 0 Å². The first-order chi connectivity index (χ1) is 14.0. The van der Waals surface area contributed by atoms with Gasteiger partial charge in [0.05, 0.1) is 12.3 Å². The van der Waals surface area contributed by atoms with E-state index in [1.807, 2.05) is 36.6 Å². The minimum absolute atomic E-state index is 0.123. The molecule has 7 nitrogen and oxygen atoms in total. The molecule has 0 unspecified atom stereocenters. The molecule has 2 N–H and O–H groups in total. The van der Waals surface area contributed by atoms with Gasteiger partial charge in [-0.15, -0.1) is 11.3 Å². The molecule has 0 saturated heterocycles. The van der Waals surface area contributed by atoms with Crippen LogP contribution in [0.3, 0.4) is 0 Å². The van der Waals surface area contributed by atoms with Crippen LogP contribution in [0.25, 0.3) is 11.3 Å². The molecule has 3 rings (SSSR count). The number of benzene rings is 2. The fourth-order valence-corrected chi connectivity index (χ4v) is 3.27. The molecule has 0 radical (unpaired) electrons.